The summed E-state index contributed by atoms with van der Waals surface area (Å²) in [5, 5.41) is 66.3. The monoisotopic (exact) mass is 1580 g/mol. The number of amides is 2. The minimum absolute atomic E-state index is 0.00789. The largest absolute Gasteiger partial charge is 0.492 e. The third-order valence-electron chi connectivity index (χ3n) is 17.5. The van der Waals surface area contributed by atoms with E-state index >= 15 is 0 Å². The van der Waals surface area contributed by atoms with E-state index in [1.54, 1.807) is 59.9 Å². The lowest BCUT2D eigenvalue weighted by atomic mass is 9.75. The number of aliphatic hydroxyl groups excluding tert-OH is 4. The number of carbonyl (C=O) groups excluding carboxylic acids is 4. The van der Waals surface area contributed by atoms with E-state index in [4.69, 9.17) is 70.8 Å². The minimum atomic E-state index is -2.20. The molecule has 3 aromatic rings. The highest BCUT2D eigenvalue weighted by molar-refractivity contribution is 14.1. The van der Waals surface area contributed by atoms with Crippen LogP contribution in [-0.4, -0.2) is 230 Å². The summed E-state index contributed by atoms with van der Waals surface area (Å²) in [6.45, 7) is 12.8. The van der Waals surface area contributed by atoms with E-state index in [9.17, 15) is 49.5 Å². The fourth-order valence-corrected chi connectivity index (χ4v) is 16.1. The number of allylic oxidation sites excluding steroid dienone is 3. The van der Waals surface area contributed by atoms with Crippen molar-refractivity contribution in [2.45, 2.75) is 188 Å². The fraction of sp³-hybridized carbons (Fsp3) is 0.574. The van der Waals surface area contributed by atoms with E-state index in [1.165, 1.54) is 67.2 Å². The standard InChI is InChI=1S/C68H85IN4O25S3/c1-13-70-40-30-89-47(27-45(40)84-8)96-60-55(78)52(73-98-48-26-41(74)62(36(7)91-48)100-63(80)49-33(4)51(69)58(61(87-11)57(49)85-9)97-64-56(79)59(86-10)54(77)35(6)93-64)34(5)92-65(60)95-43-18-16-14-15-17-22-68(83)28-42(75)53(72-66(81)88-12)50(43)39(68)21-23-99-101-32(3)29-90-67(82)71-37-19-20-38-31(2)24-46(76)94-44(38)25-37/h14-15,19-21,24-25,32,34-36,40-41,43,45,47-48,52,54-56,59-60,62,64-65,70,73-74,77-79,83H,13,23,26-30H2,1-12H3,(H,71,82)(H,72,81)/b15-14-,39-21+/t32-,34-,35+,36-,40+,41+,43+,45+,47+,48+,52-,54+,55+,56-,59-,60-,62-,64+,65+,68+/m1/s1. The Morgan fingerprint density at radius 3 is 2.29 bits per heavy atom. The average molecular weight is 1580 g/mol. The van der Waals surface area contributed by atoms with E-state index in [0.717, 1.165) is 24.4 Å². The second kappa shape index (κ2) is 35.9. The molecule has 9 rings (SSSR count). The predicted molar refractivity (Wildman–Crippen MR) is 378 cm³/mol. The number of benzene rings is 2. The summed E-state index contributed by atoms with van der Waals surface area (Å²) >= 11 is 2.80. The van der Waals surface area contributed by atoms with Crippen molar-refractivity contribution in [3.05, 3.63) is 90.0 Å². The molecule has 4 aliphatic heterocycles. The number of aryl methyl sites for hydroxylation is 1. The fourth-order valence-electron chi connectivity index (χ4n) is 12.4. The first kappa shape index (κ1) is 79.5. The van der Waals surface area contributed by atoms with Crippen LogP contribution in [0.3, 0.4) is 0 Å². The summed E-state index contributed by atoms with van der Waals surface area (Å²) in [6, 6.07) is 4.92. The number of hydroxylamine groups is 1. The van der Waals surface area contributed by atoms with Crippen LogP contribution in [0.1, 0.15) is 75.4 Å². The van der Waals surface area contributed by atoms with Crippen molar-refractivity contribution in [3.63, 3.8) is 0 Å². The van der Waals surface area contributed by atoms with Crippen LogP contribution in [0.5, 0.6) is 17.2 Å². The van der Waals surface area contributed by atoms with Crippen LogP contribution in [0.2, 0.25) is 0 Å². The molecular weight excluding hydrogens is 1500 g/mol. The summed E-state index contributed by atoms with van der Waals surface area (Å²) < 4.78 is 83.8. The van der Waals surface area contributed by atoms with Gasteiger partial charge in [0.15, 0.2) is 41.8 Å². The third-order valence-corrected chi connectivity index (χ3v) is 22.9. The zero-order chi connectivity index (χ0) is 73.1. The van der Waals surface area contributed by atoms with Crippen molar-refractivity contribution in [2.24, 2.45) is 0 Å². The van der Waals surface area contributed by atoms with E-state index in [-0.39, 0.29) is 82.8 Å². The lowest BCUT2D eigenvalue weighted by Gasteiger charge is -2.46. The molecule has 2 bridgehead atoms. The van der Waals surface area contributed by atoms with E-state index in [1.807, 2.05) is 36.4 Å². The Morgan fingerprint density at radius 2 is 1.58 bits per heavy atom. The van der Waals surface area contributed by atoms with Gasteiger partial charge in [-0.15, -0.1) is 0 Å². The number of ether oxygens (including phenoxy) is 13. The molecule has 20 atom stereocenters. The Balaban J connectivity index is 0.920. The first-order valence-corrected chi connectivity index (χ1v) is 36.7. The van der Waals surface area contributed by atoms with Gasteiger partial charge in [-0.25, -0.2) is 14.4 Å². The number of nitrogens with one attached hydrogen (secondary N) is 4. The number of rotatable bonds is 25. The topological polar surface area (TPSA) is 377 Å². The minimum Gasteiger partial charge on any atom is -0.492 e. The Labute approximate surface area is 609 Å². The molecule has 0 saturated carbocycles. The molecule has 2 aromatic carbocycles. The number of ketones is 1. The van der Waals surface area contributed by atoms with E-state index < -0.39 is 144 Å². The smallest absolute Gasteiger partial charge is 0.411 e. The second-order valence-corrected chi connectivity index (χ2v) is 29.5. The van der Waals surface area contributed by atoms with E-state index in [2.05, 4.69) is 45.1 Å². The third kappa shape index (κ3) is 18.7. The van der Waals surface area contributed by atoms with Crippen LogP contribution in [0.4, 0.5) is 15.3 Å². The van der Waals surface area contributed by atoms with Crippen molar-refractivity contribution in [1.29, 1.82) is 0 Å². The molecule has 0 spiro atoms. The number of thioether (sulfide) groups is 1. The molecule has 4 fully saturated rings. The number of halogens is 1. The van der Waals surface area contributed by atoms with Gasteiger partial charge in [-0.3, -0.25) is 25.1 Å². The maximum atomic E-state index is 14.5. The van der Waals surface area contributed by atoms with Crippen molar-refractivity contribution >= 4 is 95.7 Å². The van der Waals surface area contributed by atoms with Crippen molar-refractivity contribution in [1.82, 2.24) is 16.1 Å². The molecule has 29 nitrogen and oxygen atoms in total. The first-order valence-electron chi connectivity index (χ1n) is 32.4. The lowest BCUT2D eigenvalue weighted by Crippen LogP contribution is -2.65. The molecule has 552 valence electrons. The quantitative estimate of drug-likeness (QED) is 0.0135. The van der Waals surface area contributed by atoms with Crippen molar-refractivity contribution in [2.75, 3.05) is 66.4 Å². The average Bonchev–Trinajstić information content (AvgIpc) is 0.756. The van der Waals surface area contributed by atoms with Gasteiger partial charge in [0.2, 0.25) is 17.2 Å². The van der Waals surface area contributed by atoms with Crippen LogP contribution in [0, 0.1) is 41.1 Å². The van der Waals surface area contributed by atoms with Gasteiger partial charge in [-0.05, 0) is 106 Å². The predicted octanol–water partition coefficient (Wildman–Crippen LogP) is 4.97. The molecule has 2 amide bonds. The van der Waals surface area contributed by atoms with Crippen LogP contribution in [0.25, 0.3) is 11.0 Å². The number of fused-ring (bicyclic) bond motifs is 3. The normalized spacial score (nSPS) is 32.1. The number of anilines is 1. The number of methoxy groups -OCH3 is 5. The zero-order valence-electron chi connectivity index (χ0n) is 57.5. The summed E-state index contributed by atoms with van der Waals surface area (Å²) in [5.74, 6) is 11.0. The Kier molecular flexibility index (Phi) is 28.3. The molecule has 2 aliphatic carbocycles. The van der Waals surface area contributed by atoms with Crippen molar-refractivity contribution < 1.29 is 116 Å². The molecule has 9 N–H and O–H groups in total. The molecule has 5 heterocycles. The van der Waals surface area contributed by atoms with Gasteiger partial charge in [0, 0.05) is 72.4 Å². The van der Waals surface area contributed by atoms with Gasteiger partial charge < -0.3 is 96.8 Å². The number of alkyl carbamates (subject to hydrolysis) is 1. The second-order valence-electron chi connectivity index (χ2n) is 24.4. The summed E-state index contributed by atoms with van der Waals surface area (Å²) in [4.78, 5) is 73.2. The Morgan fingerprint density at radius 1 is 0.842 bits per heavy atom. The first-order chi connectivity index (χ1) is 48.3. The molecular formula is C68H85IN4O25S3. The molecule has 4 saturated heterocycles. The van der Waals surface area contributed by atoms with Crippen LogP contribution in [-0.2, 0) is 57.0 Å². The highest BCUT2D eigenvalue weighted by atomic mass is 127. The molecule has 33 heteroatoms. The zero-order valence-corrected chi connectivity index (χ0v) is 62.1. The highest BCUT2D eigenvalue weighted by Crippen LogP contribution is 2.49. The lowest BCUT2D eigenvalue weighted by molar-refractivity contribution is -0.336. The number of carbonyl (C=O) groups is 4. The van der Waals surface area contributed by atoms with Gasteiger partial charge in [-0.1, -0.05) is 70.0 Å². The Bertz CT molecular complexity index is 3770. The SMILES string of the molecule is CCN[C@H]1CO[C@@H](O[C@H]2[C@H](O[C@H]3C#C/C=C\C#C[C@]4(O)CC(=O)C(NC(=O)OC)=C3/C4=C\CSS[C@H](C)COC(=O)Nc3ccc4c(C)cc(=O)oc4c3)O[C@H](C)[C@@H](NO[C@H]3C[C@H](O)[C@H](SC(=O)c4c(C)c(I)c(O[C@@H]5O[C@@H](C)[C@H](O)[C@@H](OC)[C@H]5O)c(OC)c4OC)[C@@H](C)O3)[C@@H]2O)C[C@@H]1OC. The number of aliphatic hydroxyl groups is 5. The molecule has 101 heavy (non-hydrogen) atoms. The number of Topliss-reactive ketones (excluding diaryl/α,β-unsaturated/α-hetero) is 1. The summed E-state index contributed by atoms with van der Waals surface area (Å²) in [6.07, 6.45) is -15.7. The number of likely N-dealkylation sites (N-methyl/N-ethyl adjacent to an activating group) is 1. The number of hydrogen-bond donors (Lipinski definition) is 9. The summed E-state index contributed by atoms with van der Waals surface area (Å²) in [7, 11) is 9.36. The maximum absolute atomic E-state index is 14.5. The number of hydrogen-bond acceptors (Lipinski definition) is 30. The van der Waals surface area contributed by atoms with Gasteiger partial charge in [0.25, 0.3) is 0 Å². The van der Waals surface area contributed by atoms with Gasteiger partial charge >= 0.3 is 17.8 Å². The van der Waals surface area contributed by atoms with Crippen molar-refractivity contribution in [3.8, 4) is 40.9 Å². The molecule has 0 unspecified atom stereocenters. The van der Waals surface area contributed by atoms with Crippen LogP contribution < -0.4 is 41.3 Å². The summed E-state index contributed by atoms with van der Waals surface area (Å²) in [5.41, 5.74) is 1.67. The van der Waals surface area contributed by atoms with E-state index in [0.29, 0.717) is 32.3 Å². The van der Waals surface area contributed by atoms with Gasteiger partial charge in [0.1, 0.15) is 48.8 Å². The highest BCUT2D eigenvalue weighted by Gasteiger charge is 2.52. The molecule has 1 aromatic heterocycles. The Hall–Kier alpha value is -5.59. The van der Waals surface area contributed by atoms with Gasteiger partial charge in [-0.2, -0.15) is 5.48 Å². The van der Waals surface area contributed by atoms with Crippen LogP contribution >= 0.6 is 55.9 Å². The molecule has 6 aliphatic rings. The maximum Gasteiger partial charge on any atom is 0.411 e. The molecule has 0 radical (unpaired) electrons. The van der Waals surface area contributed by atoms with Gasteiger partial charge in [0.05, 0.1) is 97.0 Å². The van der Waals surface area contributed by atoms with Crippen LogP contribution in [0.15, 0.2) is 68.5 Å².